The molecule has 1 heterocycles. The number of fused-ring (bicyclic) bond motifs is 1. The van der Waals surface area contributed by atoms with Crippen LogP contribution in [0.1, 0.15) is 23.0 Å². The van der Waals surface area contributed by atoms with E-state index in [1.54, 1.807) is 42.5 Å². The van der Waals surface area contributed by atoms with E-state index >= 15 is 0 Å². The Kier molecular flexibility index (Phi) is 7.72. The Balaban J connectivity index is 1.40. The van der Waals surface area contributed by atoms with Gasteiger partial charge in [0.05, 0.1) is 16.5 Å². The van der Waals surface area contributed by atoms with E-state index < -0.39 is 48.7 Å². The maximum absolute atomic E-state index is 14.9. The first-order chi connectivity index (χ1) is 17.4. The monoisotopic (exact) mass is 492 g/mol. The molecule has 4 rings (SSSR count). The largest absolute Gasteiger partial charge is 0.459 e. The lowest BCUT2D eigenvalue weighted by molar-refractivity contribution is -0.0356. The summed E-state index contributed by atoms with van der Waals surface area (Å²) in [4.78, 5) is 39.1. The average molecular weight is 493 g/mol. The maximum Gasteiger partial charge on any atom is 0.338 e. The molecule has 0 amide bonds. The molecule has 0 bridgehead atoms. The van der Waals surface area contributed by atoms with Crippen molar-refractivity contribution >= 4 is 16.9 Å². The fraction of sp³-hybridized carbons (Fsp3) is 0.222. The number of rotatable bonds is 9. The number of aliphatic hydroxyl groups is 1. The van der Waals surface area contributed by atoms with Crippen LogP contribution in [-0.4, -0.2) is 46.6 Å². The number of halogens is 1. The predicted molar refractivity (Wildman–Crippen MR) is 133 cm³/mol. The van der Waals surface area contributed by atoms with Gasteiger partial charge in [0.2, 0.25) is 0 Å². The van der Waals surface area contributed by atoms with E-state index in [0.717, 1.165) is 15.7 Å². The summed E-state index contributed by atoms with van der Waals surface area (Å²) in [6, 6.07) is 22.7. The number of esters is 1. The molecule has 3 atom stereocenters. The topological polar surface area (TPSA) is 111 Å². The lowest BCUT2D eigenvalue weighted by atomic mass is 10.0. The van der Waals surface area contributed by atoms with Crippen molar-refractivity contribution in [2.45, 2.75) is 24.9 Å². The number of nitrogens with zero attached hydrogens (tertiary/aromatic N) is 1. The van der Waals surface area contributed by atoms with Gasteiger partial charge in [-0.15, -0.1) is 0 Å². The summed E-state index contributed by atoms with van der Waals surface area (Å²) in [6.45, 7) is -0.585. The number of aromatic amines is 1. The van der Waals surface area contributed by atoms with Crippen LogP contribution < -0.4 is 11.2 Å². The second kappa shape index (κ2) is 11.1. The molecule has 0 radical (unpaired) electrons. The van der Waals surface area contributed by atoms with E-state index in [-0.39, 0.29) is 16.5 Å². The number of H-pyrrole nitrogens is 1. The molecule has 0 saturated heterocycles. The van der Waals surface area contributed by atoms with Gasteiger partial charge >= 0.3 is 11.7 Å². The van der Waals surface area contributed by atoms with Gasteiger partial charge in [-0.3, -0.25) is 14.3 Å². The highest BCUT2D eigenvalue weighted by molar-refractivity contribution is 5.90. The molecule has 0 unspecified atom stereocenters. The number of carbonyl (C=O) groups is 1. The van der Waals surface area contributed by atoms with Gasteiger partial charge in [-0.1, -0.05) is 54.6 Å². The van der Waals surface area contributed by atoms with Crippen LogP contribution in [0.15, 0.2) is 88.5 Å². The van der Waals surface area contributed by atoms with Crippen molar-refractivity contribution in [1.29, 1.82) is 0 Å². The lowest BCUT2D eigenvalue weighted by Crippen LogP contribution is -2.37. The molecule has 0 spiro atoms. The molecule has 1 aromatic heterocycles. The second-order valence-electron chi connectivity index (χ2n) is 8.20. The van der Waals surface area contributed by atoms with Gasteiger partial charge < -0.3 is 14.6 Å². The second-order valence-corrected chi connectivity index (χ2v) is 8.20. The number of nitrogens with one attached hydrogen (secondary N) is 1. The molecule has 0 fully saturated rings. The zero-order valence-electron chi connectivity index (χ0n) is 19.5. The number of hydrogen-bond acceptors (Lipinski definition) is 6. The number of methoxy groups -OCH3 is 1. The molecule has 2 N–H and O–H groups in total. The van der Waals surface area contributed by atoms with Crippen molar-refractivity contribution in [3.63, 3.8) is 0 Å². The number of para-hydroxylation sites is 1. The van der Waals surface area contributed by atoms with Crippen LogP contribution in [0.5, 0.6) is 0 Å². The van der Waals surface area contributed by atoms with Crippen LogP contribution in [0.4, 0.5) is 4.39 Å². The Labute approximate surface area is 205 Å². The highest BCUT2D eigenvalue weighted by atomic mass is 19.1. The molecule has 9 heteroatoms. The summed E-state index contributed by atoms with van der Waals surface area (Å²) in [5.41, 5.74) is 1.12. The lowest BCUT2D eigenvalue weighted by Gasteiger charge is -2.23. The highest BCUT2D eigenvalue weighted by Gasteiger charge is 2.27. The van der Waals surface area contributed by atoms with E-state index in [2.05, 4.69) is 4.98 Å². The number of alkyl halides is 1. The molecule has 0 saturated carbocycles. The van der Waals surface area contributed by atoms with Crippen LogP contribution in [-0.2, 0) is 9.47 Å². The standard InChI is InChI=1S/C27H25FN2O6/c1-35-24(30-22-10-6-5-9-20(22)25(32)29-27(30)34)15-21(28)23(31)16-36-26(33)19-13-11-18(12-14-19)17-7-3-2-4-8-17/h2-14,21,23-24,31H,15-16H2,1H3,(H,29,32,34)/t21-,23+,24+/m0/s1. The van der Waals surface area contributed by atoms with Crippen molar-refractivity contribution in [2.75, 3.05) is 13.7 Å². The van der Waals surface area contributed by atoms with Crippen molar-refractivity contribution in [2.24, 2.45) is 0 Å². The predicted octanol–water partition coefficient (Wildman–Crippen LogP) is 3.45. The Morgan fingerprint density at radius 2 is 1.61 bits per heavy atom. The number of ether oxygens (including phenoxy) is 2. The van der Waals surface area contributed by atoms with Crippen molar-refractivity contribution in [3.05, 3.63) is 105 Å². The van der Waals surface area contributed by atoms with Crippen LogP contribution >= 0.6 is 0 Å². The number of aromatic nitrogens is 2. The number of aliphatic hydroxyl groups excluding tert-OH is 1. The van der Waals surface area contributed by atoms with Crippen LogP contribution in [0.25, 0.3) is 22.0 Å². The quantitative estimate of drug-likeness (QED) is 0.346. The minimum Gasteiger partial charge on any atom is -0.459 e. The maximum atomic E-state index is 14.9. The first-order valence-corrected chi connectivity index (χ1v) is 11.3. The summed E-state index contributed by atoms with van der Waals surface area (Å²) < 4.78 is 26.4. The fourth-order valence-electron chi connectivity index (χ4n) is 3.93. The van der Waals surface area contributed by atoms with Gasteiger partial charge in [0.15, 0.2) is 0 Å². The molecule has 8 nitrogen and oxygen atoms in total. The van der Waals surface area contributed by atoms with E-state index in [1.165, 1.54) is 13.2 Å². The van der Waals surface area contributed by atoms with Gasteiger partial charge in [0, 0.05) is 13.5 Å². The molecule has 36 heavy (non-hydrogen) atoms. The Bertz CT molecular complexity index is 1450. The average Bonchev–Trinajstić information content (AvgIpc) is 2.91. The van der Waals surface area contributed by atoms with Crippen molar-refractivity contribution in [3.8, 4) is 11.1 Å². The van der Waals surface area contributed by atoms with E-state index in [1.807, 2.05) is 30.3 Å². The summed E-state index contributed by atoms with van der Waals surface area (Å²) >= 11 is 0. The Morgan fingerprint density at radius 3 is 2.31 bits per heavy atom. The molecular weight excluding hydrogens is 467 g/mol. The zero-order chi connectivity index (χ0) is 25.7. The molecular formula is C27H25FN2O6. The van der Waals surface area contributed by atoms with Crippen molar-refractivity contribution < 1.29 is 23.8 Å². The molecule has 0 aliphatic carbocycles. The van der Waals surface area contributed by atoms with Crippen LogP contribution in [0.2, 0.25) is 0 Å². The third-order valence-electron chi connectivity index (χ3n) is 5.86. The molecule has 3 aromatic carbocycles. The van der Waals surface area contributed by atoms with Crippen LogP contribution in [0, 0.1) is 0 Å². The Hall–Kier alpha value is -4.08. The van der Waals surface area contributed by atoms with Gasteiger partial charge in [-0.2, -0.15) is 0 Å². The molecule has 186 valence electrons. The third kappa shape index (κ3) is 5.42. The van der Waals surface area contributed by atoms with Crippen LogP contribution in [0.3, 0.4) is 0 Å². The highest BCUT2D eigenvalue weighted by Crippen LogP contribution is 2.22. The van der Waals surface area contributed by atoms with E-state index in [4.69, 9.17) is 9.47 Å². The SMILES string of the molecule is CO[C@H](C[C@H](F)[C@H](O)COC(=O)c1ccc(-c2ccccc2)cc1)n1c(=O)[nH]c(=O)c2ccccc21. The summed E-state index contributed by atoms with van der Waals surface area (Å²) in [7, 11) is 1.29. The first-order valence-electron chi connectivity index (χ1n) is 11.3. The van der Waals surface area contributed by atoms with Gasteiger partial charge in [0.1, 0.15) is 25.1 Å². The van der Waals surface area contributed by atoms with Crippen molar-refractivity contribution in [1.82, 2.24) is 9.55 Å². The van der Waals surface area contributed by atoms with E-state index in [9.17, 15) is 23.9 Å². The van der Waals surface area contributed by atoms with Gasteiger partial charge in [0.25, 0.3) is 5.56 Å². The van der Waals surface area contributed by atoms with E-state index in [0.29, 0.717) is 0 Å². The first kappa shape index (κ1) is 25.0. The Morgan fingerprint density at radius 1 is 0.972 bits per heavy atom. The van der Waals surface area contributed by atoms with Gasteiger partial charge in [-0.25, -0.2) is 14.0 Å². The smallest absolute Gasteiger partial charge is 0.338 e. The molecule has 0 aliphatic heterocycles. The minimum atomic E-state index is -1.89. The molecule has 4 aromatic rings. The number of hydrogen-bond donors (Lipinski definition) is 2. The summed E-state index contributed by atoms with van der Waals surface area (Å²) in [5, 5.41) is 10.5. The number of carbonyl (C=O) groups excluding carboxylic acids is 1. The fourth-order valence-corrected chi connectivity index (χ4v) is 3.93. The summed E-state index contributed by atoms with van der Waals surface area (Å²) in [5.74, 6) is -0.702. The van der Waals surface area contributed by atoms with Gasteiger partial charge in [-0.05, 0) is 35.4 Å². The third-order valence-corrected chi connectivity index (χ3v) is 5.86. The summed E-state index contributed by atoms with van der Waals surface area (Å²) in [6.07, 6.45) is -5.08. The normalized spacial score (nSPS) is 13.8. The number of benzene rings is 3. The molecule has 0 aliphatic rings. The minimum absolute atomic E-state index is 0.238. The zero-order valence-corrected chi connectivity index (χ0v) is 19.5.